The van der Waals surface area contributed by atoms with Crippen LogP contribution in [0.25, 0.3) is 11.1 Å². The molecule has 2 aromatic rings. The Kier molecular flexibility index (Phi) is 3.62. The molecule has 0 fully saturated rings. The van der Waals surface area contributed by atoms with E-state index in [-0.39, 0.29) is 11.0 Å². The van der Waals surface area contributed by atoms with Gasteiger partial charge in [0.25, 0.3) is 0 Å². The van der Waals surface area contributed by atoms with Gasteiger partial charge in [0.15, 0.2) is 11.0 Å². The van der Waals surface area contributed by atoms with E-state index in [9.17, 15) is 4.39 Å². The van der Waals surface area contributed by atoms with Crippen molar-refractivity contribution in [2.75, 3.05) is 19.5 Å². The first-order valence-electron chi connectivity index (χ1n) is 5.20. The van der Waals surface area contributed by atoms with Crippen LogP contribution in [0.2, 0.25) is 5.15 Å². The van der Waals surface area contributed by atoms with Gasteiger partial charge in [0.1, 0.15) is 11.6 Å². The number of rotatable bonds is 3. The second kappa shape index (κ2) is 5.18. The molecule has 4 nitrogen and oxygen atoms in total. The van der Waals surface area contributed by atoms with Crippen molar-refractivity contribution >= 4 is 17.4 Å². The number of halogens is 2. The van der Waals surface area contributed by atoms with Crippen LogP contribution in [-0.2, 0) is 0 Å². The summed E-state index contributed by atoms with van der Waals surface area (Å²) < 4.78 is 18.3. The molecule has 1 aromatic heterocycles. The van der Waals surface area contributed by atoms with E-state index in [4.69, 9.17) is 16.3 Å². The van der Waals surface area contributed by atoms with Crippen LogP contribution in [0.3, 0.4) is 0 Å². The first-order valence-corrected chi connectivity index (χ1v) is 5.58. The maximum atomic E-state index is 13.2. The first kappa shape index (κ1) is 12.6. The van der Waals surface area contributed by atoms with E-state index >= 15 is 0 Å². The molecule has 1 aromatic carbocycles. The fourth-order valence-corrected chi connectivity index (χ4v) is 1.79. The average molecular weight is 268 g/mol. The fourth-order valence-electron chi connectivity index (χ4n) is 1.65. The molecule has 0 radical (unpaired) electrons. The lowest BCUT2D eigenvalue weighted by Gasteiger charge is -2.11. The second-order valence-corrected chi connectivity index (χ2v) is 3.91. The highest BCUT2D eigenvalue weighted by Crippen LogP contribution is 2.35. The lowest BCUT2D eigenvalue weighted by atomic mass is 10.1. The largest absolute Gasteiger partial charge is 0.496 e. The monoisotopic (exact) mass is 267 g/mol. The van der Waals surface area contributed by atoms with Gasteiger partial charge in [-0.1, -0.05) is 11.6 Å². The Morgan fingerprint density at radius 2 is 2.00 bits per heavy atom. The zero-order valence-electron chi connectivity index (χ0n) is 9.87. The van der Waals surface area contributed by atoms with Crippen molar-refractivity contribution in [1.29, 1.82) is 0 Å². The van der Waals surface area contributed by atoms with Crippen LogP contribution in [0.5, 0.6) is 5.75 Å². The zero-order valence-corrected chi connectivity index (χ0v) is 10.6. The molecular weight excluding hydrogens is 257 g/mol. The summed E-state index contributed by atoms with van der Waals surface area (Å²) in [6.45, 7) is 0. The summed E-state index contributed by atoms with van der Waals surface area (Å²) in [4.78, 5) is 0. The Morgan fingerprint density at radius 1 is 1.22 bits per heavy atom. The number of benzene rings is 1. The Morgan fingerprint density at radius 3 is 2.67 bits per heavy atom. The number of hydrogen-bond donors (Lipinski definition) is 1. The van der Waals surface area contributed by atoms with Crippen molar-refractivity contribution in [3.05, 3.63) is 35.2 Å². The van der Waals surface area contributed by atoms with Gasteiger partial charge in [-0.3, -0.25) is 0 Å². The Bertz CT molecular complexity index is 577. The summed E-state index contributed by atoms with van der Waals surface area (Å²) >= 11 is 5.83. The number of aromatic nitrogens is 2. The van der Waals surface area contributed by atoms with E-state index < -0.39 is 0 Å². The fraction of sp³-hybridized carbons (Fsp3) is 0.167. The SMILES string of the molecule is CNc1nnc(Cl)cc1-c1ccc(F)cc1OC. The molecular formula is C12H11ClFN3O. The highest BCUT2D eigenvalue weighted by molar-refractivity contribution is 6.29. The van der Waals surface area contributed by atoms with Gasteiger partial charge < -0.3 is 10.1 Å². The van der Waals surface area contributed by atoms with Crippen molar-refractivity contribution in [2.24, 2.45) is 0 Å². The minimum atomic E-state index is -0.366. The molecule has 0 unspecified atom stereocenters. The third-order valence-electron chi connectivity index (χ3n) is 2.45. The van der Waals surface area contributed by atoms with Gasteiger partial charge in [-0.15, -0.1) is 10.2 Å². The predicted octanol–water partition coefficient (Wildman–Crippen LogP) is 2.99. The standard InChI is InChI=1S/C12H11ClFN3O/c1-15-12-9(6-11(13)16-17-12)8-4-3-7(14)5-10(8)18-2/h3-6H,1-2H3,(H,15,17). The Hall–Kier alpha value is -1.88. The molecule has 0 spiro atoms. The molecule has 0 saturated heterocycles. The lowest BCUT2D eigenvalue weighted by Crippen LogP contribution is -1.99. The minimum Gasteiger partial charge on any atom is -0.496 e. The van der Waals surface area contributed by atoms with E-state index in [0.717, 1.165) is 0 Å². The molecule has 1 heterocycles. The summed E-state index contributed by atoms with van der Waals surface area (Å²) in [6, 6.07) is 5.92. The minimum absolute atomic E-state index is 0.260. The van der Waals surface area contributed by atoms with Gasteiger partial charge in [0, 0.05) is 24.2 Å². The highest BCUT2D eigenvalue weighted by atomic mass is 35.5. The highest BCUT2D eigenvalue weighted by Gasteiger charge is 2.13. The van der Waals surface area contributed by atoms with Crippen LogP contribution in [0, 0.1) is 5.82 Å². The van der Waals surface area contributed by atoms with E-state index in [1.54, 1.807) is 19.2 Å². The average Bonchev–Trinajstić information content (AvgIpc) is 2.38. The molecule has 1 N–H and O–H groups in total. The summed E-state index contributed by atoms with van der Waals surface area (Å²) in [6.07, 6.45) is 0. The Labute approximate surface area is 109 Å². The summed E-state index contributed by atoms with van der Waals surface area (Å²) in [5, 5.41) is 10.8. The van der Waals surface area contributed by atoms with Gasteiger partial charge in [-0.05, 0) is 18.2 Å². The van der Waals surface area contributed by atoms with Crippen molar-refractivity contribution < 1.29 is 9.13 Å². The van der Waals surface area contributed by atoms with Crippen LogP contribution >= 0.6 is 11.6 Å². The van der Waals surface area contributed by atoms with Crippen LogP contribution in [0.1, 0.15) is 0 Å². The van der Waals surface area contributed by atoms with E-state index in [1.165, 1.54) is 19.2 Å². The van der Waals surface area contributed by atoms with Gasteiger partial charge in [-0.2, -0.15) is 0 Å². The molecule has 6 heteroatoms. The molecule has 0 saturated carbocycles. The van der Waals surface area contributed by atoms with Crippen molar-refractivity contribution in [3.8, 4) is 16.9 Å². The van der Waals surface area contributed by atoms with Crippen molar-refractivity contribution in [2.45, 2.75) is 0 Å². The number of nitrogens with zero attached hydrogens (tertiary/aromatic N) is 2. The Balaban J connectivity index is 2.64. The predicted molar refractivity (Wildman–Crippen MR) is 68.5 cm³/mol. The lowest BCUT2D eigenvalue weighted by molar-refractivity contribution is 0.413. The van der Waals surface area contributed by atoms with Crippen molar-refractivity contribution in [1.82, 2.24) is 10.2 Å². The van der Waals surface area contributed by atoms with Crippen LogP contribution in [0.15, 0.2) is 24.3 Å². The number of nitrogens with one attached hydrogen (secondary N) is 1. The molecule has 2 rings (SSSR count). The number of ether oxygens (including phenoxy) is 1. The van der Waals surface area contributed by atoms with Crippen molar-refractivity contribution in [3.63, 3.8) is 0 Å². The van der Waals surface area contributed by atoms with E-state index in [2.05, 4.69) is 15.5 Å². The third-order valence-corrected chi connectivity index (χ3v) is 2.64. The van der Waals surface area contributed by atoms with Gasteiger partial charge >= 0.3 is 0 Å². The summed E-state index contributed by atoms with van der Waals surface area (Å²) in [5.74, 6) is 0.592. The molecule has 0 amide bonds. The molecule has 0 atom stereocenters. The van der Waals surface area contributed by atoms with Crippen LogP contribution in [0.4, 0.5) is 10.2 Å². The topological polar surface area (TPSA) is 47.0 Å². The summed E-state index contributed by atoms with van der Waals surface area (Å²) in [7, 11) is 3.20. The van der Waals surface area contributed by atoms with Gasteiger partial charge in [0.05, 0.1) is 7.11 Å². The van der Waals surface area contributed by atoms with E-state index in [0.29, 0.717) is 22.7 Å². The van der Waals surface area contributed by atoms with Gasteiger partial charge in [-0.25, -0.2) is 4.39 Å². The second-order valence-electron chi connectivity index (χ2n) is 3.52. The summed E-state index contributed by atoms with van der Waals surface area (Å²) in [5.41, 5.74) is 1.40. The van der Waals surface area contributed by atoms with Gasteiger partial charge in [0.2, 0.25) is 0 Å². The zero-order chi connectivity index (χ0) is 13.1. The number of hydrogen-bond acceptors (Lipinski definition) is 4. The molecule has 0 aliphatic rings. The maximum absolute atomic E-state index is 13.2. The number of methoxy groups -OCH3 is 1. The smallest absolute Gasteiger partial charge is 0.156 e. The van der Waals surface area contributed by atoms with Crippen LogP contribution in [-0.4, -0.2) is 24.4 Å². The molecule has 0 bridgehead atoms. The molecule has 18 heavy (non-hydrogen) atoms. The van der Waals surface area contributed by atoms with E-state index in [1.807, 2.05) is 0 Å². The molecule has 0 aliphatic carbocycles. The molecule has 94 valence electrons. The molecule has 0 aliphatic heterocycles. The number of anilines is 1. The normalized spacial score (nSPS) is 10.2. The van der Waals surface area contributed by atoms with Crippen LogP contribution < -0.4 is 10.1 Å². The quantitative estimate of drug-likeness (QED) is 0.929. The third kappa shape index (κ3) is 2.36. The maximum Gasteiger partial charge on any atom is 0.156 e. The first-order chi connectivity index (χ1) is 8.65.